The van der Waals surface area contributed by atoms with Gasteiger partial charge in [-0.05, 0) is 39.5 Å². The van der Waals surface area contributed by atoms with E-state index in [9.17, 15) is 9.90 Å². The highest BCUT2D eigenvalue weighted by molar-refractivity contribution is 7.17. The number of hydrogen-bond acceptors (Lipinski definition) is 6. The fraction of sp³-hybridized carbons (Fsp3) is 0.714. The van der Waals surface area contributed by atoms with Gasteiger partial charge >= 0.3 is 5.97 Å². The van der Waals surface area contributed by atoms with Gasteiger partial charge in [-0.25, -0.2) is 9.78 Å². The van der Waals surface area contributed by atoms with Crippen molar-refractivity contribution >= 4 is 22.4 Å². The predicted molar refractivity (Wildman–Crippen MR) is 79.5 cm³/mol. The summed E-state index contributed by atoms with van der Waals surface area (Å²) in [4.78, 5) is 19.0. The standard InChI is InChI=1S/C14H22N2O3S/c1-4-19-13(18)12-9(2)15-14(20-12)16(3)10-5-7-11(17)8-6-10/h10-11,17H,4-8H2,1-3H3. The molecule has 0 aromatic carbocycles. The molecular weight excluding hydrogens is 276 g/mol. The predicted octanol–water partition coefficient (Wildman–Crippen LogP) is 2.37. The van der Waals surface area contributed by atoms with Crippen molar-refractivity contribution in [3.05, 3.63) is 10.6 Å². The lowest BCUT2D eigenvalue weighted by molar-refractivity contribution is 0.0531. The first-order valence-corrected chi connectivity index (χ1v) is 7.90. The van der Waals surface area contributed by atoms with E-state index in [4.69, 9.17) is 4.74 Å². The summed E-state index contributed by atoms with van der Waals surface area (Å²) in [6.45, 7) is 4.02. The van der Waals surface area contributed by atoms with Gasteiger partial charge in [-0.3, -0.25) is 0 Å². The van der Waals surface area contributed by atoms with Crippen molar-refractivity contribution in [2.24, 2.45) is 0 Å². The van der Waals surface area contributed by atoms with Gasteiger partial charge in [-0.2, -0.15) is 0 Å². The first-order valence-electron chi connectivity index (χ1n) is 7.08. The van der Waals surface area contributed by atoms with Crippen molar-refractivity contribution < 1.29 is 14.6 Å². The maximum atomic E-state index is 11.8. The zero-order valence-electron chi connectivity index (χ0n) is 12.3. The number of aliphatic hydroxyl groups excluding tert-OH is 1. The maximum Gasteiger partial charge on any atom is 0.350 e. The fourth-order valence-corrected chi connectivity index (χ4v) is 3.51. The molecule has 0 atom stereocenters. The van der Waals surface area contributed by atoms with E-state index in [1.165, 1.54) is 11.3 Å². The third-order valence-corrected chi connectivity index (χ3v) is 4.99. The number of rotatable bonds is 4. The van der Waals surface area contributed by atoms with Gasteiger partial charge in [0, 0.05) is 13.1 Å². The molecule has 0 aliphatic heterocycles. The average molecular weight is 298 g/mol. The molecule has 0 bridgehead atoms. The summed E-state index contributed by atoms with van der Waals surface area (Å²) < 4.78 is 5.04. The monoisotopic (exact) mass is 298 g/mol. The number of carbonyl (C=O) groups is 1. The van der Waals surface area contributed by atoms with E-state index in [0.717, 1.165) is 36.5 Å². The minimum absolute atomic E-state index is 0.159. The van der Waals surface area contributed by atoms with Crippen molar-refractivity contribution in [1.29, 1.82) is 0 Å². The third-order valence-electron chi connectivity index (χ3n) is 3.76. The van der Waals surface area contributed by atoms with E-state index >= 15 is 0 Å². The van der Waals surface area contributed by atoms with Crippen LogP contribution in [0, 0.1) is 6.92 Å². The van der Waals surface area contributed by atoms with Crippen LogP contribution in [0.3, 0.4) is 0 Å². The number of aliphatic hydroxyl groups is 1. The number of thiazole rings is 1. The van der Waals surface area contributed by atoms with Crippen LogP contribution in [0.25, 0.3) is 0 Å². The molecule has 0 radical (unpaired) electrons. The molecule has 1 aliphatic rings. The van der Waals surface area contributed by atoms with E-state index in [1.54, 1.807) is 6.92 Å². The van der Waals surface area contributed by atoms with E-state index in [1.807, 2.05) is 14.0 Å². The topological polar surface area (TPSA) is 62.7 Å². The number of esters is 1. The second-order valence-electron chi connectivity index (χ2n) is 5.20. The Morgan fingerprint density at radius 2 is 2.10 bits per heavy atom. The van der Waals surface area contributed by atoms with Gasteiger partial charge in [0.25, 0.3) is 0 Å². The van der Waals surface area contributed by atoms with Gasteiger partial charge in [-0.1, -0.05) is 11.3 Å². The van der Waals surface area contributed by atoms with Crippen LogP contribution < -0.4 is 4.90 Å². The van der Waals surface area contributed by atoms with Crippen molar-refractivity contribution in [3.63, 3.8) is 0 Å². The molecule has 1 aromatic rings. The van der Waals surface area contributed by atoms with Crippen molar-refractivity contribution in [1.82, 2.24) is 4.98 Å². The lowest BCUT2D eigenvalue weighted by atomic mass is 9.92. The van der Waals surface area contributed by atoms with Gasteiger partial charge in [0.15, 0.2) is 5.13 Å². The van der Waals surface area contributed by atoms with Crippen LogP contribution in [0.1, 0.15) is 48.0 Å². The van der Waals surface area contributed by atoms with E-state index in [0.29, 0.717) is 17.5 Å². The molecule has 1 N–H and O–H groups in total. The Morgan fingerprint density at radius 1 is 1.45 bits per heavy atom. The van der Waals surface area contributed by atoms with E-state index in [-0.39, 0.29) is 12.1 Å². The van der Waals surface area contributed by atoms with Gasteiger partial charge in [0.05, 0.1) is 18.4 Å². The number of ether oxygens (including phenoxy) is 1. The van der Waals surface area contributed by atoms with Crippen LogP contribution in [0.5, 0.6) is 0 Å². The molecule has 20 heavy (non-hydrogen) atoms. The Balaban J connectivity index is 2.09. The largest absolute Gasteiger partial charge is 0.462 e. The van der Waals surface area contributed by atoms with Crippen LogP contribution in [0.15, 0.2) is 0 Å². The molecule has 0 spiro atoms. The highest BCUT2D eigenvalue weighted by Crippen LogP contribution is 2.31. The third kappa shape index (κ3) is 3.30. The van der Waals surface area contributed by atoms with Gasteiger partial charge in [-0.15, -0.1) is 0 Å². The molecule has 1 aliphatic carbocycles. The minimum atomic E-state index is -0.291. The quantitative estimate of drug-likeness (QED) is 0.865. The maximum absolute atomic E-state index is 11.8. The minimum Gasteiger partial charge on any atom is -0.462 e. The Labute approximate surface area is 123 Å². The van der Waals surface area contributed by atoms with Crippen LogP contribution in [-0.2, 0) is 4.74 Å². The SMILES string of the molecule is CCOC(=O)c1sc(N(C)C2CCC(O)CC2)nc1C. The highest BCUT2D eigenvalue weighted by atomic mass is 32.1. The van der Waals surface area contributed by atoms with Crippen LogP contribution in [0.2, 0.25) is 0 Å². The van der Waals surface area contributed by atoms with Crippen molar-refractivity contribution in [3.8, 4) is 0 Å². The Morgan fingerprint density at radius 3 is 2.70 bits per heavy atom. The molecule has 0 saturated heterocycles. The average Bonchev–Trinajstić information content (AvgIpc) is 2.81. The summed E-state index contributed by atoms with van der Waals surface area (Å²) in [7, 11) is 2.01. The second kappa shape index (κ2) is 6.54. The summed E-state index contributed by atoms with van der Waals surface area (Å²) in [6, 6.07) is 0.388. The van der Waals surface area contributed by atoms with Gasteiger partial charge in [0.2, 0.25) is 0 Å². The molecule has 112 valence electrons. The molecule has 1 fully saturated rings. The molecule has 0 unspecified atom stereocenters. The summed E-state index contributed by atoms with van der Waals surface area (Å²) in [5, 5.41) is 10.4. The second-order valence-corrected chi connectivity index (χ2v) is 6.18. The Kier molecular flexibility index (Phi) is 4.99. The van der Waals surface area contributed by atoms with Gasteiger partial charge < -0.3 is 14.7 Å². The van der Waals surface area contributed by atoms with Crippen LogP contribution >= 0.6 is 11.3 Å². The fourth-order valence-electron chi connectivity index (χ4n) is 2.52. The first-order chi connectivity index (χ1) is 9.52. The first kappa shape index (κ1) is 15.3. The lowest BCUT2D eigenvalue weighted by Crippen LogP contribution is -2.36. The summed E-state index contributed by atoms with van der Waals surface area (Å²) in [5.74, 6) is -0.291. The molecule has 1 aromatic heterocycles. The molecule has 6 heteroatoms. The Bertz CT molecular complexity index is 467. The molecule has 1 heterocycles. The summed E-state index contributed by atoms with van der Waals surface area (Å²) in [5.41, 5.74) is 0.728. The van der Waals surface area contributed by atoms with Crippen LogP contribution in [0.4, 0.5) is 5.13 Å². The summed E-state index contributed by atoms with van der Waals surface area (Å²) >= 11 is 1.39. The van der Waals surface area contributed by atoms with E-state index in [2.05, 4.69) is 9.88 Å². The smallest absolute Gasteiger partial charge is 0.350 e. The molecule has 5 nitrogen and oxygen atoms in total. The zero-order valence-corrected chi connectivity index (χ0v) is 13.1. The van der Waals surface area contributed by atoms with Crippen LogP contribution in [-0.4, -0.2) is 41.9 Å². The number of nitrogens with zero attached hydrogens (tertiary/aromatic N) is 2. The number of aryl methyl sites for hydroxylation is 1. The molecular formula is C14H22N2O3S. The molecule has 0 amide bonds. The summed E-state index contributed by atoms with van der Waals surface area (Å²) in [6.07, 6.45) is 3.44. The molecule has 1 saturated carbocycles. The zero-order chi connectivity index (χ0) is 14.7. The number of hydrogen-bond donors (Lipinski definition) is 1. The van der Waals surface area contributed by atoms with Gasteiger partial charge in [0.1, 0.15) is 4.88 Å². The lowest BCUT2D eigenvalue weighted by Gasteiger charge is -2.32. The normalized spacial score (nSPS) is 22.6. The number of aromatic nitrogens is 1. The number of carbonyl (C=O) groups excluding carboxylic acids is 1. The molecule has 2 rings (SSSR count). The number of anilines is 1. The highest BCUT2D eigenvalue weighted by Gasteiger charge is 2.26. The van der Waals surface area contributed by atoms with E-state index < -0.39 is 0 Å². The van der Waals surface area contributed by atoms with Crippen molar-refractivity contribution in [2.45, 2.75) is 51.7 Å². The Hall–Kier alpha value is -1.14. The van der Waals surface area contributed by atoms with Crippen molar-refractivity contribution in [2.75, 3.05) is 18.6 Å².